The highest BCUT2D eigenvalue weighted by atomic mass is 19.1. The zero-order valence-electron chi connectivity index (χ0n) is 15.4. The number of nitrogens with one attached hydrogen (secondary N) is 1. The third-order valence-corrected chi connectivity index (χ3v) is 4.42. The molecular formula is C20H24FN3O2. The predicted octanol–water partition coefficient (Wildman–Crippen LogP) is 3.58. The molecule has 26 heavy (non-hydrogen) atoms. The Kier molecular flexibility index (Phi) is 5.23. The summed E-state index contributed by atoms with van der Waals surface area (Å²) in [7, 11) is 0. The zero-order chi connectivity index (χ0) is 18.7. The molecule has 1 aromatic heterocycles. The van der Waals surface area contributed by atoms with E-state index in [1.807, 2.05) is 4.90 Å². The summed E-state index contributed by atoms with van der Waals surface area (Å²) in [5.74, 6) is -0.622. The number of aromatic nitrogens is 2. The molecule has 1 saturated heterocycles. The molecule has 2 aromatic rings. The first-order chi connectivity index (χ1) is 12.4. The van der Waals surface area contributed by atoms with Gasteiger partial charge in [-0.3, -0.25) is 9.89 Å². The van der Waals surface area contributed by atoms with Gasteiger partial charge in [-0.15, -0.1) is 0 Å². The van der Waals surface area contributed by atoms with Gasteiger partial charge in [0.1, 0.15) is 5.82 Å². The summed E-state index contributed by atoms with van der Waals surface area (Å²) in [6.07, 6.45) is 4.87. The van der Waals surface area contributed by atoms with Crippen LogP contribution in [0.5, 0.6) is 0 Å². The molecule has 1 aliphatic rings. The van der Waals surface area contributed by atoms with E-state index in [2.05, 4.69) is 31.0 Å². The average Bonchev–Trinajstić information content (AvgIpc) is 3.09. The molecule has 1 aromatic carbocycles. The fourth-order valence-corrected chi connectivity index (χ4v) is 3.01. The lowest BCUT2D eigenvalue weighted by Gasteiger charge is -2.29. The van der Waals surface area contributed by atoms with Crippen LogP contribution in [0.3, 0.4) is 0 Å². The molecule has 0 atom stereocenters. The van der Waals surface area contributed by atoms with Gasteiger partial charge in [0, 0.05) is 35.3 Å². The Hall–Kier alpha value is -2.47. The molecule has 1 aliphatic heterocycles. The Balaban J connectivity index is 1.76. The van der Waals surface area contributed by atoms with Crippen LogP contribution in [0, 0.1) is 5.82 Å². The number of benzene rings is 1. The molecule has 0 unspecified atom stereocenters. The monoisotopic (exact) mass is 357 g/mol. The second-order valence-electron chi connectivity index (χ2n) is 7.41. The van der Waals surface area contributed by atoms with Crippen molar-refractivity contribution in [2.75, 3.05) is 31.2 Å². The van der Waals surface area contributed by atoms with Gasteiger partial charge in [-0.05, 0) is 30.4 Å². The van der Waals surface area contributed by atoms with E-state index >= 15 is 0 Å². The third kappa shape index (κ3) is 4.02. The van der Waals surface area contributed by atoms with E-state index < -0.39 is 0 Å². The standard InChI is InChI=1S/C20H24FN3O2/c1-20(2,3)19-15(13-22-23-19)5-7-18(25)14-4-6-17(16(21)12-14)24-8-10-26-11-9-24/h4-7,12-13H,8-11H2,1-3H3,(H,22,23)/b7-5+. The van der Waals surface area contributed by atoms with Gasteiger partial charge < -0.3 is 9.64 Å². The molecule has 3 rings (SSSR count). The van der Waals surface area contributed by atoms with E-state index in [-0.39, 0.29) is 17.0 Å². The van der Waals surface area contributed by atoms with Crippen molar-refractivity contribution in [3.63, 3.8) is 0 Å². The van der Waals surface area contributed by atoms with E-state index in [0.29, 0.717) is 37.6 Å². The minimum Gasteiger partial charge on any atom is -0.378 e. The molecule has 0 radical (unpaired) electrons. The van der Waals surface area contributed by atoms with Crippen LogP contribution in [0.4, 0.5) is 10.1 Å². The van der Waals surface area contributed by atoms with Crippen LogP contribution in [-0.2, 0) is 10.2 Å². The topological polar surface area (TPSA) is 58.2 Å². The number of carbonyl (C=O) groups is 1. The van der Waals surface area contributed by atoms with E-state index in [1.54, 1.807) is 24.4 Å². The molecular weight excluding hydrogens is 333 g/mol. The van der Waals surface area contributed by atoms with E-state index in [4.69, 9.17) is 4.74 Å². The first kappa shape index (κ1) is 18.3. The van der Waals surface area contributed by atoms with Gasteiger partial charge in [-0.1, -0.05) is 20.8 Å². The molecule has 5 nitrogen and oxygen atoms in total. The molecule has 0 amide bonds. The summed E-state index contributed by atoms with van der Waals surface area (Å²) in [5, 5.41) is 7.03. The van der Waals surface area contributed by atoms with Crippen LogP contribution < -0.4 is 4.90 Å². The van der Waals surface area contributed by atoms with Gasteiger partial charge in [0.05, 0.1) is 25.1 Å². The first-order valence-electron chi connectivity index (χ1n) is 8.75. The molecule has 1 N–H and O–H groups in total. The molecule has 0 spiro atoms. The number of aromatic amines is 1. The Morgan fingerprint density at radius 3 is 2.69 bits per heavy atom. The van der Waals surface area contributed by atoms with Crippen molar-refractivity contribution >= 4 is 17.5 Å². The molecule has 2 heterocycles. The number of ether oxygens (including phenoxy) is 1. The highest BCUT2D eigenvalue weighted by Crippen LogP contribution is 2.25. The highest BCUT2D eigenvalue weighted by Gasteiger charge is 2.19. The fraction of sp³-hybridized carbons (Fsp3) is 0.400. The minimum atomic E-state index is -0.384. The van der Waals surface area contributed by atoms with Crippen LogP contribution in [0.1, 0.15) is 42.4 Å². The van der Waals surface area contributed by atoms with Crippen LogP contribution >= 0.6 is 0 Å². The number of nitrogens with zero attached hydrogens (tertiary/aromatic N) is 2. The highest BCUT2D eigenvalue weighted by molar-refractivity contribution is 6.07. The van der Waals surface area contributed by atoms with Gasteiger partial charge in [-0.2, -0.15) is 5.10 Å². The van der Waals surface area contributed by atoms with E-state index in [9.17, 15) is 9.18 Å². The number of ketones is 1. The normalized spacial score (nSPS) is 15.6. The Morgan fingerprint density at radius 2 is 2.04 bits per heavy atom. The van der Waals surface area contributed by atoms with Crippen molar-refractivity contribution in [1.29, 1.82) is 0 Å². The van der Waals surface area contributed by atoms with Gasteiger partial charge in [-0.25, -0.2) is 4.39 Å². The van der Waals surface area contributed by atoms with Crippen LogP contribution in [0.2, 0.25) is 0 Å². The maximum Gasteiger partial charge on any atom is 0.185 e. The summed E-state index contributed by atoms with van der Waals surface area (Å²) in [5.41, 5.74) is 2.55. The van der Waals surface area contributed by atoms with E-state index in [0.717, 1.165) is 11.3 Å². The largest absolute Gasteiger partial charge is 0.378 e. The maximum absolute atomic E-state index is 14.5. The number of morpholine rings is 1. The summed E-state index contributed by atoms with van der Waals surface area (Å²) in [4.78, 5) is 14.4. The zero-order valence-corrected chi connectivity index (χ0v) is 15.4. The quantitative estimate of drug-likeness (QED) is 0.671. The van der Waals surface area contributed by atoms with Gasteiger partial charge in [0.25, 0.3) is 0 Å². The summed E-state index contributed by atoms with van der Waals surface area (Å²) in [6.45, 7) is 8.69. The van der Waals surface area contributed by atoms with Crippen LogP contribution in [-0.4, -0.2) is 42.3 Å². The third-order valence-electron chi connectivity index (χ3n) is 4.42. The molecule has 1 fully saturated rings. The number of allylic oxidation sites excluding steroid dienone is 1. The molecule has 6 heteroatoms. The van der Waals surface area contributed by atoms with Gasteiger partial charge >= 0.3 is 0 Å². The lowest BCUT2D eigenvalue weighted by Crippen LogP contribution is -2.36. The predicted molar refractivity (Wildman–Crippen MR) is 100 cm³/mol. The Labute approximate surface area is 152 Å². The van der Waals surface area contributed by atoms with Crippen molar-refractivity contribution < 1.29 is 13.9 Å². The van der Waals surface area contributed by atoms with Crippen molar-refractivity contribution in [2.24, 2.45) is 0 Å². The van der Waals surface area contributed by atoms with Gasteiger partial charge in [0.2, 0.25) is 0 Å². The van der Waals surface area contributed by atoms with Crippen molar-refractivity contribution in [1.82, 2.24) is 10.2 Å². The van der Waals surface area contributed by atoms with Crippen molar-refractivity contribution in [3.05, 3.63) is 53.1 Å². The van der Waals surface area contributed by atoms with Crippen molar-refractivity contribution in [3.8, 4) is 0 Å². The van der Waals surface area contributed by atoms with Crippen LogP contribution in [0.15, 0.2) is 30.5 Å². The summed E-state index contributed by atoms with van der Waals surface area (Å²) < 4.78 is 19.7. The number of hydrogen-bond donors (Lipinski definition) is 1. The number of H-pyrrole nitrogens is 1. The molecule has 0 bridgehead atoms. The second-order valence-corrected chi connectivity index (χ2v) is 7.41. The molecule has 138 valence electrons. The maximum atomic E-state index is 14.5. The number of rotatable bonds is 4. The summed E-state index contributed by atoms with van der Waals surface area (Å²) in [6, 6.07) is 4.64. The second kappa shape index (κ2) is 7.41. The van der Waals surface area contributed by atoms with E-state index in [1.165, 1.54) is 12.1 Å². The van der Waals surface area contributed by atoms with Crippen molar-refractivity contribution in [2.45, 2.75) is 26.2 Å². The number of hydrogen-bond acceptors (Lipinski definition) is 4. The van der Waals surface area contributed by atoms with Crippen LogP contribution in [0.25, 0.3) is 6.08 Å². The number of anilines is 1. The molecule has 0 saturated carbocycles. The number of carbonyl (C=O) groups excluding carboxylic acids is 1. The fourth-order valence-electron chi connectivity index (χ4n) is 3.01. The lowest BCUT2D eigenvalue weighted by molar-refractivity contribution is 0.104. The average molecular weight is 357 g/mol. The lowest BCUT2D eigenvalue weighted by atomic mass is 9.89. The first-order valence-corrected chi connectivity index (χ1v) is 8.75. The summed E-state index contributed by atoms with van der Waals surface area (Å²) >= 11 is 0. The molecule has 0 aliphatic carbocycles. The Bertz CT molecular complexity index is 815. The van der Waals surface area contributed by atoms with Gasteiger partial charge in [0.15, 0.2) is 5.78 Å². The SMILES string of the molecule is CC(C)(C)c1[nH]ncc1/C=C/C(=O)c1ccc(N2CCOCC2)c(F)c1. The Morgan fingerprint density at radius 1 is 1.31 bits per heavy atom. The smallest absolute Gasteiger partial charge is 0.185 e. The number of halogens is 1. The minimum absolute atomic E-state index is 0.106.